The maximum absolute atomic E-state index is 4.34. The lowest BCUT2D eigenvalue weighted by molar-refractivity contribution is 0.417. The van der Waals surface area contributed by atoms with Crippen molar-refractivity contribution in [3.05, 3.63) is 76.4 Å². The molecule has 0 amide bonds. The van der Waals surface area contributed by atoms with Crippen molar-refractivity contribution in [1.29, 1.82) is 0 Å². The summed E-state index contributed by atoms with van der Waals surface area (Å²) in [5.41, 5.74) is 9.71. The van der Waals surface area contributed by atoms with Gasteiger partial charge in [-0.15, -0.1) is 0 Å². The molecule has 2 aromatic rings. The van der Waals surface area contributed by atoms with Crippen LogP contribution in [0.5, 0.6) is 0 Å². The molecule has 0 aromatic heterocycles. The zero-order valence-electron chi connectivity index (χ0n) is 19.6. The molecule has 1 aliphatic heterocycles. The zero-order valence-corrected chi connectivity index (χ0v) is 19.6. The van der Waals surface area contributed by atoms with Crippen LogP contribution in [0.3, 0.4) is 0 Å². The van der Waals surface area contributed by atoms with Crippen LogP contribution in [-0.4, -0.2) is 18.0 Å². The number of nitrogens with zero attached hydrogens (tertiary/aromatic N) is 1. The second-order valence-corrected chi connectivity index (χ2v) is 9.17. The van der Waals surface area contributed by atoms with Crippen LogP contribution < -0.4 is 0 Å². The molecule has 2 aromatic carbocycles. The van der Waals surface area contributed by atoms with Gasteiger partial charge < -0.3 is 4.90 Å². The highest BCUT2D eigenvalue weighted by Crippen LogP contribution is 2.28. The Bertz CT molecular complexity index is 817. The monoisotopic (exact) mass is 403 g/mol. The fourth-order valence-electron chi connectivity index (χ4n) is 4.87. The zero-order chi connectivity index (χ0) is 21.3. The van der Waals surface area contributed by atoms with Gasteiger partial charge in [0, 0.05) is 24.4 Å². The molecular formula is C29H41N. The molecule has 0 spiro atoms. The van der Waals surface area contributed by atoms with Crippen molar-refractivity contribution < 1.29 is 0 Å². The van der Waals surface area contributed by atoms with Crippen LogP contribution in [0.15, 0.2) is 43.0 Å². The third-order valence-corrected chi connectivity index (χ3v) is 6.80. The quantitative estimate of drug-likeness (QED) is 0.506. The predicted octanol–water partition coefficient (Wildman–Crippen LogP) is 7.67. The Morgan fingerprint density at radius 1 is 0.833 bits per heavy atom. The Kier molecular flexibility index (Phi) is 8.61. The van der Waals surface area contributed by atoms with Crippen molar-refractivity contribution in [2.45, 2.75) is 85.0 Å². The fraction of sp³-hybridized carbons (Fsp3) is 0.517. The molecule has 1 heteroatoms. The first-order valence-electron chi connectivity index (χ1n) is 12.2. The summed E-state index contributed by atoms with van der Waals surface area (Å²) in [6.45, 7) is 13.1. The Morgan fingerprint density at radius 2 is 1.53 bits per heavy atom. The van der Waals surface area contributed by atoms with E-state index in [0.29, 0.717) is 0 Å². The van der Waals surface area contributed by atoms with Crippen LogP contribution in [-0.2, 0) is 19.3 Å². The number of benzene rings is 2. The summed E-state index contributed by atoms with van der Waals surface area (Å²) in [5.74, 6) is 0. The van der Waals surface area contributed by atoms with Gasteiger partial charge in [0.05, 0.1) is 0 Å². The summed E-state index contributed by atoms with van der Waals surface area (Å²) in [7, 11) is 0. The number of rotatable bonds is 4. The van der Waals surface area contributed by atoms with Gasteiger partial charge >= 0.3 is 0 Å². The van der Waals surface area contributed by atoms with Gasteiger partial charge in [-0.3, -0.25) is 0 Å². The van der Waals surface area contributed by atoms with E-state index in [2.05, 4.69) is 68.6 Å². The molecule has 0 N–H and O–H groups in total. The topological polar surface area (TPSA) is 3.24 Å². The van der Waals surface area contributed by atoms with Crippen LogP contribution >= 0.6 is 0 Å². The van der Waals surface area contributed by atoms with Crippen LogP contribution in [0, 0.1) is 13.8 Å². The summed E-state index contributed by atoms with van der Waals surface area (Å²) in [6.07, 6.45) is 13.6. The molecule has 4 rings (SSSR count). The van der Waals surface area contributed by atoms with E-state index < -0.39 is 0 Å². The Balaban J connectivity index is 0.000000367. The lowest BCUT2D eigenvalue weighted by Crippen LogP contribution is -2.20. The third-order valence-electron chi connectivity index (χ3n) is 6.80. The van der Waals surface area contributed by atoms with E-state index in [1.807, 2.05) is 0 Å². The maximum atomic E-state index is 4.34. The summed E-state index contributed by atoms with van der Waals surface area (Å²) >= 11 is 0. The van der Waals surface area contributed by atoms with E-state index in [-0.39, 0.29) is 0 Å². The van der Waals surface area contributed by atoms with Gasteiger partial charge in [0.2, 0.25) is 0 Å². The second kappa shape index (κ2) is 11.4. The molecule has 0 bridgehead atoms. The minimum Gasteiger partial charge on any atom is -0.372 e. The summed E-state index contributed by atoms with van der Waals surface area (Å²) in [5, 5.41) is 0. The van der Waals surface area contributed by atoms with E-state index in [0.717, 1.165) is 25.9 Å². The van der Waals surface area contributed by atoms with E-state index in [9.17, 15) is 0 Å². The Morgan fingerprint density at radius 3 is 2.17 bits per heavy atom. The van der Waals surface area contributed by atoms with E-state index in [1.54, 1.807) is 0 Å². The average Bonchev–Trinajstić information content (AvgIpc) is 2.93. The van der Waals surface area contributed by atoms with Gasteiger partial charge in [0.15, 0.2) is 0 Å². The fourth-order valence-corrected chi connectivity index (χ4v) is 4.87. The third kappa shape index (κ3) is 6.24. The number of hydrogen-bond donors (Lipinski definition) is 0. The molecule has 0 radical (unpaired) electrons. The van der Waals surface area contributed by atoms with Crippen molar-refractivity contribution in [3.63, 3.8) is 0 Å². The number of fused-ring (bicyclic) bond motifs is 1. The molecule has 162 valence electrons. The lowest BCUT2D eigenvalue weighted by Gasteiger charge is -2.23. The molecule has 1 aliphatic carbocycles. The standard InChI is InChI=1S/C23H29N.C6H12/c1-5-24-14-6-7-22-16-20(10-13-23(22)19(24)4)9-12-21-11-8-17(2)15-18(21)3;1-2-4-6-5-3-1/h8,10-11,13,15-16H,4-7,9,12,14H2,1-3H3;1-6H2. The van der Waals surface area contributed by atoms with E-state index >= 15 is 0 Å². The van der Waals surface area contributed by atoms with Gasteiger partial charge in [-0.2, -0.15) is 0 Å². The van der Waals surface area contributed by atoms with Gasteiger partial charge in [-0.25, -0.2) is 0 Å². The lowest BCUT2D eigenvalue weighted by atomic mass is 9.95. The van der Waals surface area contributed by atoms with Crippen LogP contribution in [0.4, 0.5) is 0 Å². The largest absolute Gasteiger partial charge is 0.372 e. The highest BCUT2D eigenvalue weighted by atomic mass is 15.1. The van der Waals surface area contributed by atoms with Crippen molar-refractivity contribution in [3.8, 4) is 0 Å². The molecule has 1 heterocycles. The second-order valence-electron chi connectivity index (χ2n) is 9.17. The first kappa shape index (κ1) is 22.7. The van der Waals surface area contributed by atoms with Crippen molar-refractivity contribution in [2.75, 3.05) is 13.1 Å². The van der Waals surface area contributed by atoms with Gasteiger partial charge in [0.1, 0.15) is 0 Å². The number of hydrogen-bond acceptors (Lipinski definition) is 1. The molecule has 0 saturated heterocycles. The van der Waals surface area contributed by atoms with Gasteiger partial charge in [-0.1, -0.05) is 87.1 Å². The normalized spacial score (nSPS) is 16.4. The van der Waals surface area contributed by atoms with Gasteiger partial charge in [0.25, 0.3) is 0 Å². The highest BCUT2D eigenvalue weighted by molar-refractivity contribution is 5.66. The highest BCUT2D eigenvalue weighted by Gasteiger charge is 2.16. The average molecular weight is 404 g/mol. The molecule has 1 nitrogen and oxygen atoms in total. The first-order valence-corrected chi connectivity index (χ1v) is 12.2. The molecule has 1 saturated carbocycles. The minimum absolute atomic E-state index is 1.05. The van der Waals surface area contributed by atoms with Crippen LogP contribution in [0.2, 0.25) is 0 Å². The smallest absolute Gasteiger partial charge is 0.0369 e. The molecule has 30 heavy (non-hydrogen) atoms. The number of aryl methyl sites for hydroxylation is 5. The van der Waals surface area contributed by atoms with Gasteiger partial charge in [-0.05, 0) is 68.7 Å². The van der Waals surface area contributed by atoms with Crippen molar-refractivity contribution in [1.82, 2.24) is 4.90 Å². The molecule has 2 aliphatic rings. The van der Waals surface area contributed by atoms with E-state index in [4.69, 9.17) is 0 Å². The Hall–Kier alpha value is -2.02. The molecular weight excluding hydrogens is 362 g/mol. The van der Waals surface area contributed by atoms with Crippen LogP contribution in [0.25, 0.3) is 5.70 Å². The summed E-state index contributed by atoms with van der Waals surface area (Å²) < 4.78 is 0. The maximum Gasteiger partial charge on any atom is 0.0369 e. The minimum atomic E-state index is 1.05. The molecule has 0 atom stereocenters. The molecule has 1 fully saturated rings. The predicted molar refractivity (Wildman–Crippen MR) is 132 cm³/mol. The molecule has 0 unspecified atom stereocenters. The van der Waals surface area contributed by atoms with Crippen molar-refractivity contribution in [2.24, 2.45) is 0 Å². The van der Waals surface area contributed by atoms with Crippen molar-refractivity contribution >= 4 is 5.70 Å². The SMILES string of the molecule is C1CCCCC1.C=C1c2ccc(CCc3ccc(C)cc3C)cc2CCCN1CC. The summed E-state index contributed by atoms with van der Waals surface area (Å²) in [4.78, 5) is 2.40. The van der Waals surface area contributed by atoms with E-state index in [1.165, 1.54) is 90.4 Å². The Labute approximate surface area is 185 Å². The first-order chi connectivity index (χ1) is 14.6. The summed E-state index contributed by atoms with van der Waals surface area (Å²) in [6, 6.07) is 13.8. The van der Waals surface area contributed by atoms with Crippen LogP contribution in [0.1, 0.15) is 85.3 Å².